The summed E-state index contributed by atoms with van der Waals surface area (Å²) in [4.78, 5) is 23.6. The third kappa shape index (κ3) is 7.78. The Kier molecular flexibility index (Phi) is 8.77. The van der Waals surface area contributed by atoms with Gasteiger partial charge >= 0.3 is 0 Å². The number of thioether (sulfide) groups is 1. The summed E-state index contributed by atoms with van der Waals surface area (Å²) in [5, 5.41) is 5.35. The first-order valence-electron chi connectivity index (χ1n) is 8.68. The van der Waals surface area contributed by atoms with Crippen molar-refractivity contribution in [3.05, 3.63) is 71.3 Å². The van der Waals surface area contributed by atoms with Gasteiger partial charge in [0.2, 0.25) is 5.91 Å². The highest BCUT2D eigenvalue weighted by Crippen LogP contribution is 2.11. The van der Waals surface area contributed by atoms with Crippen LogP contribution in [0, 0.1) is 11.6 Å². The van der Waals surface area contributed by atoms with Crippen molar-refractivity contribution >= 4 is 23.6 Å². The van der Waals surface area contributed by atoms with E-state index in [4.69, 9.17) is 0 Å². The second kappa shape index (κ2) is 11.3. The van der Waals surface area contributed by atoms with E-state index in [1.54, 1.807) is 11.8 Å². The normalized spacial score (nSPS) is 10.4. The van der Waals surface area contributed by atoms with Crippen LogP contribution in [-0.2, 0) is 10.5 Å². The van der Waals surface area contributed by atoms with Crippen molar-refractivity contribution in [2.45, 2.75) is 18.6 Å². The summed E-state index contributed by atoms with van der Waals surface area (Å²) in [6.07, 6.45) is 0.715. The molecule has 7 heteroatoms. The standard InChI is InChI=1S/C20H22F2N2O2S/c21-16-8-9-17(18(22)13-16)20(26)24-10-4-7-19(25)23-11-12-27-14-15-5-2-1-3-6-15/h1-3,5-6,8-9,13H,4,7,10-12,14H2,(H,23,25)(H,24,26). The molecule has 2 aromatic rings. The van der Waals surface area contributed by atoms with E-state index in [1.807, 2.05) is 18.2 Å². The second-order valence-corrected chi connectivity index (χ2v) is 6.98. The van der Waals surface area contributed by atoms with Gasteiger partial charge in [0.05, 0.1) is 5.56 Å². The van der Waals surface area contributed by atoms with E-state index in [0.717, 1.165) is 23.6 Å². The zero-order valence-corrected chi connectivity index (χ0v) is 15.7. The minimum Gasteiger partial charge on any atom is -0.355 e. The van der Waals surface area contributed by atoms with Gasteiger partial charge in [-0.15, -0.1) is 0 Å². The molecular weight excluding hydrogens is 370 g/mol. The van der Waals surface area contributed by atoms with E-state index in [-0.39, 0.29) is 24.4 Å². The Morgan fingerprint density at radius 2 is 1.74 bits per heavy atom. The molecule has 4 nitrogen and oxygen atoms in total. The third-order valence-electron chi connectivity index (χ3n) is 3.72. The smallest absolute Gasteiger partial charge is 0.254 e. The molecular formula is C20H22F2N2O2S. The number of nitrogens with one attached hydrogen (secondary N) is 2. The van der Waals surface area contributed by atoms with Crippen molar-refractivity contribution in [2.75, 3.05) is 18.8 Å². The van der Waals surface area contributed by atoms with E-state index in [0.29, 0.717) is 19.0 Å². The minimum absolute atomic E-state index is 0.0856. The quantitative estimate of drug-likeness (QED) is 0.608. The Bertz CT molecular complexity index is 757. The first kappa shape index (κ1) is 20.9. The third-order valence-corrected chi connectivity index (χ3v) is 4.75. The van der Waals surface area contributed by atoms with Gasteiger partial charge in [-0.1, -0.05) is 30.3 Å². The molecule has 0 atom stereocenters. The molecule has 2 N–H and O–H groups in total. The lowest BCUT2D eigenvalue weighted by atomic mass is 10.2. The molecule has 0 aliphatic heterocycles. The fraction of sp³-hybridized carbons (Fsp3) is 0.300. The molecule has 2 aromatic carbocycles. The van der Waals surface area contributed by atoms with Crippen molar-refractivity contribution in [3.63, 3.8) is 0 Å². The Morgan fingerprint density at radius 1 is 0.963 bits per heavy atom. The number of amides is 2. The summed E-state index contributed by atoms with van der Waals surface area (Å²) in [6, 6.07) is 12.9. The molecule has 0 saturated carbocycles. The van der Waals surface area contributed by atoms with Gasteiger partial charge in [0, 0.05) is 37.1 Å². The molecule has 0 heterocycles. The van der Waals surface area contributed by atoms with Crippen LogP contribution in [0.4, 0.5) is 8.78 Å². The number of carbonyl (C=O) groups excluding carboxylic acids is 2. The zero-order chi connectivity index (χ0) is 19.5. The summed E-state index contributed by atoms with van der Waals surface area (Å²) in [6.45, 7) is 0.829. The Labute approximate surface area is 161 Å². The van der Waals surface area contributed by atoms with Crippen molar-refractivity contribution in [2.24, 2.45) is 0 Å². The molecule has 2 amide bonds. The van der Waals surface area contributed by atoms with E-state index in [1.165, 1.54) is 5.56 Å². The summed E-state index contributed by atoms with van der Waals surface area (Å²) < 4.78 is 26.3. The van der Waals surface area contributed by atoms with Crippen LogP contribution < -0.4 is 10.6 Å². The number of carbonyl (C=O) groups is 2. The average molecular weight is 392 g/mol. The number of hydrogen-bond donors (Lipinski definition) is 2. The first-order chi connectivity index (χ1) is 13.1. The molecule has 27 heavy (non-hydrogen) atoms. The lowest BCUT2D eigenvalue weighted by molar-refractivity contribution is -0.121. The van der Waals surface area contributed by atoms with Crippen molar-refractivity contribution in [1.82, 2.24) is 10.6 Å². The van der Waals surface area contributed by atoms with Gasteiger partial charge in [-0.3, -0.25) is 9.59 Å². The molecule has 0 radical (unpaired) electrons. The number of hydrogen-bond acceptors (Lipinski definition) is 3. The highest BCUT2D eigenvalue weighted by atomic mass is 32.2. The molecule has 0 bridgehead atoms. The van der Waals surface area contributed by atoms with E-state index in [2.05, 4.69) is 22.8 Å². The first-order valence-corrected chi connectivity index (χ1v) is 9.83. The molecule has 0 aliphatic rings. The van der Waals surface area contributed by atoms with Crippen LogP contribution in [0.1, 0.15) is 28.8 Å². The fourth-order valence-corrected chi connectivity index (χ4v) is 3.15. The second-order valence-electron chi connectivity index (χ2n) is 5.87. The van der Waals surface area contributed by atoms with E-state index >= 15 is 0 Å². The van der Waals surface area contributed by atoms with Crippen LogP contribution in [0.2, 0.25) is 0 Å². The Morgan fingerprint density at radius 3 is 2.48 bits per heavy atom. The molecule has 0 unspecified atom stereocenters. The molecule has 0 fully saturated rings. The molecule has 2 rings (SSSR count). The van der Waals surface area contributed by atoms with Crippen LogP contribution in [0.25, 0.3) is 0 Å². The lowest BCUT2D eigenvalue weighted by Crippen LogP contribution is -2.29. The Hall–Kier alpha value is -2.41. The van der Waals surface area contributed by atoms with Crippen LogP contribution in [-0.4, -0.2) is 30.7 Å². The van der Waals surface area contributed by atoms with Crippen molar-refractivity contribution in [1.29, 1.82) is 0 Å². The van der Waals surface area contributed by atoms with Gasteiger partial charge in [0.1, 0.15) is 11.6 Å². The number of benzene rings is 2. The molecule has 144 valence electrons. The van der Waals surface area contributed by atoms with Gasteiger partial charge in [-0.2, -0.15) is 11.8 Å². The Balaban J connectivity index is 1.53. The number of halogens is 2. The zero-order valence-electron chi connectivity index (χ0n) is 14.8. The number of rotatable bonds is 10. The summed E-state index contributed by atoms with van der Waals surface area (Å²) in [5.74, 6) is -0.618. The fourth-order valence-electron chi connectivity index (χ4n) is 2.33. The van der Waals surface area contributed by atoms with Gasteiger partial charge < -0.3 is 10.6 Å². The van der Waals surface area contributed by atoms with Crippen molar-refractivity contribution in [3.8, 4) is 0 Å². The summed E-state index contributed by atoms with van der Waals surface area (Å²) in [5.41, 5.74) is 1.04. The van der Waals surface area contributed by atoms with Gasteiger partial charge in [-0.25, -0.2) is 8.78 Å². The maximum atomic E-state index is 13.5. The predicted molar refractivity (Wildman–Crippen MR) is 104 cm³/mol. The van der Waals surface area contributed by atoms with Gasteiger partial charge in [0.25, 0.3) is 5.91 Å². The van der Waals surface area contributed by atoms with Gasteiger partial charge in [-0.05, 0) is 24.1 Å². The summed E-state index contributed by atoms with van der Waals surface area (Å²) >= 11 is 1.75. The summed E-state index contributed by atoms with van der Waals surface area (Å²) in [7, 11) is 0. The molecule has 0 saturated heterocycles. The van der Waals surface area contributed by atoms with E-state index in [9.17, 15) is 18.4 Å². The van der Waals surface area contributed by atoms with E-state index < -0.39 is 17.5 Å². The minimum atomic E-state index is -0.904. The average Bonchev–Trinajstić information content (AvgIpc) is 2.65. The lowest BCUT2D eigenvalue weighted by Gasteiger charge is -2.07. The van der Waals surface area contributed by atoms with Gasteiger partial charge in [0.15, 0.2) is 0 Å². The van der Waals surface area contributed by atoms with Crippen LogP contribution in [0.5, 0.6) is 0 Å². The monoisotopic (exact) mass is 392 g/mol. The largest absolute Gasteiger partial charge is 0.355 e. The van der Waals surface area contributed by atoms with Crippen molar-refractivity contribution < 1.29 is 18.4 Å². The highest BCUT2D eigenvalue weighted by molar-refractivity contribution is 7.98. The predicted octanol–water partition coefficient (Wildman–Crippen LogP) is 3.52. The molecule has 0 aliphatic carbocycles. The maximum absolute atomic E-state index is 13.5. The van der Waals surface area contributed by atoms with Crippen LogP contribution in [0.3, 0.4) is 0 Å². The molecule has 0 aromatic heterocycles. The molecule has 0 spiro atoms. The van der Waals surface area contributed by atoms with Crippen LogP contribution in [0.15, 0.2) is 48.5 Å². The highest BCUT2D eigenvalue weighted by Gasteiger charge is 2.12. The maximum Gasteiger partial charge on any atom is 0.254 e. The topological polar surface area (TPSA) is 58.2 Å². The van der Waals surface area contributed by atoms with Crippen LogP contribution >= 0.6 is 11.8 Å². The SMILES string of the molecule is O=C(CCCNC(=O)c1ccc(F)cc1F)NCCSCc1ccccc1.